The van der Waals surface area contributed by atoms with Gasteiger partial charge in [0.05, 0.1) is 55.3 Å². The lowest BCUT2D eigenvalue weighted by Gasteiger charge is -2.23. The molecule has 126 heavy (non-hydrogen) atoms. The lowest BCUT2D eigenvalue weighted by atomic mass is 10.0. The number of aromatic amines is 1. The molecular weight excluding hydrogens is 1590 g/mol. The Morgan fingerprint density at radius 2 is 0.706 bits per heavy atom. The van der Waals surface area contributed by atoms with Crippen LogP contribution in [0.4, 0.5) is 23.3 Å². The number of hydrogen-bond donors (Lipinski definition) is 1. The van der Waals surface area contributed by atoms with Crippen molar-refractivity contribution in [1.29, 1.82) is 0 Å². The molecule has 4 aromatic carbocycles. The van der Waals surface area contributed by atoms with Crippen LogP contribution in [0.1, 0.15) is 217 Å². The maximum atomic E-state index is 13.0. The average molecular weight is 1710 g/mol. The number of rotatable bonds is 42. The summed E-state index contributed by atoms with van der Waals surface area (Å²) in [4.78, 5) is 141. The van der Waals surface area contributed by atoms with E-state index in [1.54, 1.807) is 41.0 Å². The fourth-order valence-electron chi connectivity index (χ4n) is 15.0. The monoisotopic (exact) mass is 1710 g/mol. The maximum absolute atomic E-state index is 13.0. The molecule has 0 aliphatic heterocycles. The lowest BCUT2D eigenvalue weighted by Crippen LogP contribution is -2.27. The van der Waals surface area contributed by atoms with E-state index in [1.807, 2.05) is 109 Å². The first kappa shape index (κ1) is 93.9. The number of Topliss-reactive ketones (excluding diaryl/α,β-unsaturated/α-hetero) is 6. The summed E-state index contributed by atoms with van der Waals surface area (Å²) in [7, 11) is 1.38. The van der Waals surface area contributed by atoms with E-state index in [2.05, 4.69) is 113 Å². The Labute approximate surface area is 736 Å². The van der Waals surface area contributed by atoms with E-state index >= 15 is 0 Å². The van der Waals surface area contributed by atoms with E-state index in [-0.39, 0.29) is 113 Å². The number of benzene rings is 4. The van der Waals surface area contributed by atoms with Crippen LogP contribution in [-0.2, 0) is 80.4 Å². The van der Waals surface area contributed by atoms with E-state index in [9.17, 15) is 38.4 Å². The van der Waals surface area contributed by atoms with Gasteiger partial charge >= 0.3 is 11.9 Å². The summed E-state index contributed by atoms with van der Waals surface area (Å²) >= 11 is 0. The second kappa shape index (κ2) is 45.2. The van der Waals surface area contributed by atoms with Gasteiger partial charge in [0.25, 0.3) is 0 Å². The zero-order valence-electron chi connectivity index (χ0n) is 72.4. The number of carbonyl (C=O) groups excluding carboxylic acids is 8. The largest absolute Gasteiger partial charge is 0.469 e. The zero-order valence-corrected chi connectivity index (χ0v) is 72.4. The molecule has 0 unspecified atom stereocenters. The van der Waals surface area contributed by atoms with Crippen molar-refractivity contribution in [1.82, 2.24) is 79.4 Å². The highest BCUT2D eigenvalue weighted by Gasteiger charge is 2.30. The van der Waals surface area contributed by atoms with Crippen LogP contribution >= 0.6 is 0 Å². The normalized spacial score (nSPS) is 13.2. The van der Waals surface area contributed by atoms with Gasteiger partial charge in [-0.3, -0.25) is 57.5 Å². The van der Waals surface area contributed by atoms with Gasteiger partial charge in [-0.1, -0.05) is 66.8 Å². The van der Waals surface area contributed by atoms with Crippen molar-refractivity contribution in [3.63, 3.8) is 0 Å². The number of aromatic nitrogens is 16. The molecule has 30 nitrogen and oxygen atoms in total. The Morgan fingerprint density at radius 1 is 0.397 bits per heavy atom. The van der Waals surface area contributed by atoms with Gasteiger partial charge < -0.3 is 29.1 Å². The van der Waals surface area contributed by atoms with Crippen LogP contribution in [0, 0.1) is 23.7 Å². The molecule has 0 spiro atoms. The van der Waals surface area contributed by atoms with E-state index in [4.69, 9.17) is 9.47 Å². The van der Waals surface area contributed by atoms with Crippen molar-refractivity contribution in [3.05, 3.63) is 192 Å². The van der Waals surface area contributed by atoms with Crippen molar-refractivity contribution < 1.29 is 47.8 Å². The first-order valence-electron chi connectivity index (χ1n) is 43.6. The van der Waals surface area contributed by atoms with Gasteiger partial charge in [0, 0.05) is 155 Å². The Hall–Kier alpha value is -12.8. The molecular formula is C96H120N20O10. The van der Waals surface area contributed by atoms with Gasteiger partial charge in [-0.15, -0.1) is 0 Å². The number of esters is 2. The minimum atomic E-state index is -0.325. The predicted octanol–water partition coefficient (Wildman–Crippen LogP) is 15.2. The van der Waals surface area contributed by atoms with Crippen LogP contribution in [0.25, 0.3) is 43.6 Å². The standard InChI is InChI=1S/2C24H29N5O3.2C23H27N5O2.2CH4/c1-3-10-29(14-16-4-5-16)23-13-21(25-15-26-23)22(30)12-17-6-7-19-18(11-17)20(28-27-19)8-9-24(31)32-2;1-3-9-28(13-17-5-6-17)23-12-21(25-16-26-23)22(30)11-18-7-8-20-19(10-18)14-29(27-20)15-24(31)32-4-2;2*1-3-8-27(13-17-4-5-17)23-11-21(24-15-25-23)22(30)10-18-6-7-20-19(9-18)14-28(26-20)12-16(2)29;;/h6-7,11,13,15-16H,3-5,8-10,12,14H2,1-2H3,(H,27,28);7-8,10,12,14,16-17H,3-6,9,11,13,15H2,1-2H3;2*6-7,9,11,14-15,17H,3-5,8,10,12-13H2,1-2H3;2*1H4. The average Bonchev–Trinajstić information content (AvgIpc) is 1.42. The third kappa shape index (κ3) is 27.4. The maximum Gasteiger partial charge on any atom is 0.327 e. The molecule has 1 N–H and O–H groups in total. The molecule has 0 bridgehead atoms. The minimum absolute atomic E-state index is 0. The molecule has 4 aliphatic rings. The second-order valence-corrected chi connectivity index (χ2v) is 33.0. The number of H-pyrrole nitrogens is 1. The fourth-order valence-corrected chi connectivity index (χ4v) is 15.0. The molecule has 0 atom stereocenters. The number of aryl methyl sites for hydroxylation is 1. The van der Waals surface area contributed by atoms with Gasteiger partial charge in [0.1, 0.15) is 77.9 Å². The van der Waals surface area contributed by atoms with Crippen molar-refractivity contribution in [3.8, 4) is 0 Å². The van der Waals surface area contributed by atoms with Crippen LogP contribution in [0.2, 0.25) is 0 Å². The smallest absolute Gasteiger partial charge is 0.327 e. The molecule has 4 aliphatic carbocycles. The number of nitrogens with one attached hydrogen (secondary N) is 1. The Morgan fingerprint density at radius 3 is 1.00 bits per heavy atom. The summed E-state index contributed by atoms with van der Waals surface area (Å²) in [5, 5.41) is 24.1. The van der Waals surface area contributed by atoms with Gasteiger partial charge in [-0.2, -0.15) is 20.4 Å². The van der Waals surface area contributed by atoms with Crippen molar-refractivity contribution in [2.45, 2.75) is 199 Å². The number of methoxy groups -OCH3 is 1. The highest BCUT2D eigenvalue weighted by molar-refractivity contribution is 5.99. The quantitative estimate of drug-likeness (QED) is 0.0274. The molecule has 0 amide bonds. The van der Waals surface area contributed by atoms with Gasteiger partial charge in [0.2, 0.25) is 0 Å². The lowest BCUT2D eigenvalue weighted by molar-refractivity contribution is -0.144. The van der Waals surface area contributed by atoms with Crippen LogP contribution in [0.15, 0.2) is 141 Å². The SMILES string of the molecule is C.C.CCCN(CC1CC1)c1cc(C(=O)Cc2ccc3n[nH]c(CCC(=O)OC)c3c2)ncn1.CCCN(CC1CC1)c1cc(C(=O)Cc2ccc3nn(CC(=O)OCC)cc3c2)ncn1.CCCN(CC1CC1)c1cc(C(=O)Cc2ccc3nn(CC(C)=O)cc3c2)ncn1.CCCN(CC1CC1)c1cc(C(=O)Cc2ccc3nn(CC(C)=O)cc3c2)ncn1. The number of fused-ring (bicyclic) bond motifs is 4. The van der Waals surface area contributed by atoms with Crippen molar-refractivity contribution in [2.75, 3.05) is 85.7 Å². The van der Waals surface area contributed by atoms with Gasteiger partial charge in [-0.25, -0.2) is 39.9 Å². The number of ether oxygens (including phenoxy) is 2. The third-order valence-corrected chi connectivity index (χ3v) is 21.9. The van der Waals surface area contributed by atoms with E-state index in [1.165, 1.54) is 83.8 Å². The summed E-state index contributed by atoms with van der Waals surface area (Å²) in [5.41, 5.74) is 9.39. The summed E-state index contributed by atoms with van der Waals surface area (Å²) in [5.74, 6) is 5.67. The highest BCUT2D eigenvalue weighted by Crippen LogP contribution is 2.35. The Balaban J connectivity index is 0.000000162. The second-order valence-electron chi connectivity index (χ2n) is 33.0. The molecule has 0 saturated heterocycles. The number of ketones is 6. The van der Waals surface area contributed by atoms with Gasteiger partial charge in [0.15, 0.2) is 34.7 Å². The molecule has 8 aromatic heterocycles. The molecule has 664 valence electrons. The molecule has 0 radical (unpaired) electrons. The highest BCUT2D eigenvalue weighted by atomic mass is 16.5. The van der Waals surface area contributed by atoms with Gasteiger partial charge in [-0.05, 0) is 192 Å². The molecule has 4 saturated carbocycles. The summed E-state index contributed by atoms with van der Waals surface area (Å²) in [6, 6.07) is 30.2. The van der Waals surface area contributed by atoms with Crippen LogP contribution in [0.3, 0.4) is 0 Å². The zero-order chi connectivity index (χ0) is 87.2. The van der Waals surface area contributed by atoms with Crippen molar-refractivity contribution >= 4 is 114 Å². The minimum Gasteiger partial charge on any atom is -0.469 e. The van der Waals surface area contributed by atoms with Crippen LogP contribution < -0.4 is 19.6 Å². The van der Waals surface area contributed by atoms with Crippen molar-refractivity contribution in [2.24, 2.45) is 23.7 Å². The molecule has 16 rings (SSSR count). The van der Waals surface area contributed by atoms with E-state index < -0.39 is 0 Å². The topological polar surface area (TPSA) is 353 Å². The van der Waals surface area contributed by atoms with Crippen LogP contribution in [-0.4, -0.2) is 192 Å². The van der Waals surface area contributed by atoms with E-state index in [0.717, 1.165) is 197 Å². The first-order chi connectivity index (χ1) is 60.1. The Bertz CT molecular complexity index is 5570. The number of nitrogens with zero attached hydrogens (tertiary/aromatic N) is 19. The molecule has 8 heterocycles. The summed E-state index contributed by atoms with van der Waals surface area (Å²) in [6.45, 7) is 22.1. The van der Waals surface area contributed by atoms with E-state index in [0.29, 0.717) is 35.8 Å². The first-order valence-corrected chi connectivity index (χ1v) is 43.6. The summed E-state index contributed by atoms with van der Waals surface area (Å²) < 4.78 is 14.5. The number of hydrogen-bond acceptors (Lipinski definition) is 26. The summed E-state index contributed by atoms with van der Waals surface area (Å²) in [6.07, 6.45) is 27.6. The molecule has 4 fully saturated rings. The fraction of sp³-hybridized carbons (Fsp3) is 0.458. The molecule has 30 heteroatoms. The molecule has 12 aromatic rings. The third-order valence-electron chi connectivity index (χ3n) is 21.9. The van der Waals surface area contributed by atoms with Crippen LogP contribution in [0.5, 0.6) is 0 Å². The Kier molecular flexibility index (Phi) is 33.7. The number of carbonyl (C=O) groups is 8. The predicted molar refractivity (Wildman–Crippen MR) is 488 cm³/mol. The number of anilines is 4.